The third-order valence-electron chi connectivity index (χ3n) is 4.45. The minimum Gasteiger partial charge on any atom is -0.348 e. The van der Waals surface area contributed by atoms with Gasteiger partial charge in [0.05, 0.1) is 0 Å². The number of hydrogen-bond acceptors (Lipinski definition) is 1. The zero-order valence-electron chi connectivity index (χ0n) is 13.5. The molecule has 2 aromatic rings. The van der Waals surface area contributed by atoms with Gasteiger partial charge in [0, 0.05) is 29.7 Å². The Morgan fingerprint density at radius 1 is 1.17 bits per heavy atom. The monoisotopic (exact) mass is 344 g/mol. The fourth-order valence-electron chi connectivity index (χ4n) is 2.93. The Labute approximate surface area is 148 Å². The van der Waals surface area contributed by atoms with Gasteiger partial charge in [-0.2, -0.15) is 0 Å². The summed E-state index contributed by atoms with van der Waals surface area (Å²) in [4.78, 5) is 2.24. The second kappa shape index (κ2) is 6.90. The van der Waals surface area contributed by atoms with Crippen molar-refractivity contribution in [3.63, 3.8) is 0 Å². The average Bonchev–Trinajstić information content (AvgIpc) is 3.02. The van der Waals surface area contributed by atoms with Gasteiger partial charge in [-0.25, -0.2) is 0 Å². The molecule has 4 heteroatoms. The molecular weight excluding hydrogens is 324 g/mol. The predicted octanol–water partition coefficient (Wildman–Crippen LogP) is 5.14. The van der Waals surface area contributed by atoms with Gasteiger partial charge in [0.15, 0.2) is 5.11 Å². The van der Waals surface area contributed by atoms with Crippen LogP contribution in [0.3, 0.4) is 0 Å². The van der Waals surface area contributed by atoms with E-state index in [1.165, 1.54) is 11.1 Å². The lowest BCUT2D eigenvalue weighted by Gasteiger charge is -2.21. The van der Waals surface area contributed by atoms with Crippen molar-refractivity contribution in [3.05, 3.63) is 64.2 Å². The first-order valence-corrected chi connectivity index (χ1v) is 8.70. The van der Waals surface area contributed by atoms with Gasteiger partial charge >= 0.3 is 0 Å². The average molecular weight is 345 g/mol. The van der Waals surface area contributed by atoms with Gasteiger partial charge in [-0.15, -0.1) is 0 Å². The predicted molar refractivity (Wildman–Crippen MR) is 103 cm³/mol. The van der Waals surface area contributed by atoms with Crippen LogP contribution in [0.5, 0.6) is 0 Å². The summed E-state index contributed by atoms with van der Waals surface area (Å²) >= 11 is 11.7. The zero-order valence-corrected chi connectivity index (χ0v) is 15.0. The fraction of sp³-hybridized carbons (Fsp3) is 0.316. The fourth-order valence-corrected chi connectivity index (χ4v) is 3.39. The van der Waals surface area contributed by atoms with E-state index in [9.17, 15) is 0 Å². The molecule has 0 radical (unpaired) electrons. The van der Waals surface area contributed by atoms with E-state index in [2.05, 4.69) is 41.4 Å². The summed E-state index contributed by atoms with van der Waals surface area (Å²) in [6.07, 6.45) is 1.14. The summed E-state index contributed by atoms with van der Waals surface area (Å²) < 4.78 is 0. The summed E-state index contributed by atoms with van der Waals surface area (Å²) in [5.74, 6) is 0.553. The van der Waals surface area contributed by atoms with Gasteiger partial charge in [-0.05, 0) is 55.7 Å². The summed E-state index contributed by atoms with van der Waals surface area (Å²) in [5.41, 5.74) is 4.73. The first kappa shape index (κ1) is 16.3. The van der Waals surface area contributed by atoms with Crippen molar-refractivity contribution in [1.29, 1.82) is 0 Å². The molecule has 0 spiro atoms. The first-order chi connectivity index (χ1) is 11.0. The van der Waals surface area contributed by atoms with E-state index in [4.69, 9.17) is 23.8 Å². The number of thiocarbonyl (C=S) groups is 1. The van der Waals surface area contributed by atoms with Crippen LogP contribution in [0.25, 0.3) is 0 Å². The van der Waals surface area contributed by atoms with Crippen LogP contribution in [-0.2, 0) is 0 Å². The minimum atomic E-state index is 0.553. The maximum Gasteiger partial charge on any atom is 0.173 e. The highest BCUT2D eigenvalue weighted by Gasteiger charge is 2.25. The van der Waals surface area contributed by atoms with Crippen LogP contribution in [0, 0.1) is 13.8 Å². The van der Waals surface area contributed by atoms with Gasteiger partial charge in [-0.3, -0.25) is 0 Å². The van der Waals surface area contributed by atoms with Crippen molar-refractivity contribution in [1.82, 2.24) is 4.90 Å². The van der Waals surface area contributed by atoms with E-state index in [1.54, 1.807) is 0 Å². The highest BCUT2D eigenvalue weighted by atomic mass is 35.5. The molecule has 0 amide bonds. The molecule has 1 aliphatic rings. The SMILES string of the molecule is Cc1ccc(C2CCN(C(=S)Nc3ccc(C)c(Cl)c3)C2)cc1. The highest BCUT2D eigenvalue weighted by Crippen LogP contribution is 2.28. The van der Waals surface area contributed by atoms with Crippen LogP contribution < -0.4 is 5.32 Å². The Bertz CT molecular complexity index is 712. The summed E-state index contributed by atoms with van der Waals surface area (Å²) in [6.45, 7) is 6.08. The number of nitrogens with one attached hydrogen (secondary N) is 1. The molecule has 120 valence electrons. The molecule has 2 aromatic carbocycles. The number of anilines is 1. The third kappa shape index (κ3) is 3.85. The Morgan fingerprint density at radius 2 is 1.91 bits per heavy atom. The second-order valence-corrected chi connectivity index (χ2v) is 7.03. The van der Waals surface area contributed by atoms with E-state index in [0.717, 1.165) is 40.9 Å². The maximum absolute atomic E-state index is 6.18. The summed E-state index contributed by atoms with van der Waals surface area (Å²) in [6, 6.07) is 14.8. The second-order valence-electron chi connectivity index (χ2n) is 6.24. The molecule has 3 rings (SSSR count). The molecule has 1 fully saturated rings. The van der Waals surface area contributed by atoms with Crippen LogP contribution in [0.4, 0.5) is 5.69 Å². The van der Waals surface area contributed by atoms with Crippen LogP contribution >= 0.6 is 23.8 Å². The van der Waals surface area contributed by atoms with Crippen LogP contribution in [0.15, 0.2) is 42.5 Å². The van der Waals surface area contributed by atoms with Gasteiger partial charge in [-0.1, -0.05) is 47.5 Å². The smallest absolute Gasteiger partial charge is 0.173 e. The van der Waals surface area contributed by atoms with Crippen molar-refractivity contribution in [2.45, 2.75) is 26.2 Å². The topological polar surface area (TPSA) is 15.3 Å². The Kier molecular flexibility index (Phi) is 4.88. The molecular formula is C19H21ClN2S. The Morgan fingerprint density at radius 3 is 2.61 bits per heavy atom. The van der Waals surface area contributed by atoms with Crippen molar-refractivity contribution >= 4 is 34.6 Å². The molecule has 0 saturated carbocycles. The Hall–Kier alpha value is -1.58. The summed E-state index contributed by atoms with van der Waals surface area (Å²) in [7, 11) is 0. The van der Waals surface area contributed by atoms with E-state index in [1.807, 2.05) is 25.1 Å². The molecule has 2 nitrogen and oxygen atoms in total. The number of likely N-dealkylation sites (tertiary alicyclic amines) is 1. The van der Waals surface area contributed by atoms with Gasteiger partial charge < -0.3 is 10.2 Å². The molecule has 1 N–H and O–H groups in total. The van der Waals surface area contributed by atoms with Crippen LogP contribution in [0.2, 0.25) is 5.02 Å². The lowest BCUT2D eigenvalue weighted by atomic mass is 9.98. The van der Waals surface area contributed by atoms with Gasteiger partial charge in [0.25, 0.3) is 0 Å². The first-order valence-electron chi connectivity index (χ1n) is 7.91. The third-order valence-corrected chi connectivity index (χ3v) is 5.21. The molecule has 0 aromatic heterocycles. The normalized spacial score (nSPS) is 17.3. The lowest BCUT2D eigenvalue weighted by molar-refractivity contribution is 0.518. The minimum absolute atomic E-state index is 0.553. The van der Waals surface area contributed by atoms with Crippen molar-refractivity contribution in [2.75, 3.05) is 18.4 Å². The number of halogens is 1. The van der Waals surface area contributed by atoms with E-state index in [0.29, 0.717) is 5.92 Å². The van der Waals surface area contributed by atoms with E-state index < -0.39 is 0 Å². The maximum atomic E-state index is 6.18. The van der Waals surface area contributed by atoms with E-state index >= 15 is 0 Å². The molecule has 1 aliphatic heterocycles. The van der Waals surface area contributed by atoms with E-state index in [-0.39, 0.29) is 0 Å². The Balaban J connectivity index is 1.63. The van der Waals surface area contributed by atoms with Gasteiger partial charge in [0.2, 0.25) is 0 Å². The number of aryl methyl sites for hydroxylation is 2. The van der Waals surface area contributed by atoms with Gasteiger partial charge in [0.1, 0.15) is 0 Å². The van der Waals surface area contributed by atoms with Crippen molar-refractivity contribution in [2.24, 2.45) is 0 Å². The number of rotatable bonds is 2. The van der Waals surface area contributed by atoms with Crippen LogP contribution in [-0.4, -0.2) is 23.1 Å². The van der Waals surface area contributed by atoms with Crippen LogP contribution in [0.1, 0.15) is 29.0 Å². The largest absolute Gasteiger partial charge is 0.348 e. The quantitative estimate of drug-likeness (QED) is 0.759. The lowest BCUT2D eigenvalue weighted by Crippen LogP contribution is -2.32. The molecule has 1 atom stereocenters. The van der Waals surface area contributed by atoms with Crippen molar-refractivity contribution < 1.29 is 0 Å². The molecule has 0 aliphatic carbocycles. The summed E-state index contributed by atoms with van der Waals surface area (Å²) in [5, 5.41) is 4.84. The molecule has 23 heavy (non-hydrogen) atoms. The number of hydrogen-bond donors (Lipinski definition) is 1. The molecule has 1 heterocycles. The molecule has 1 saturated heterocycles. The molecule has 1 unspecified atom stereocenters. The highest BCUT2D eigenvalue weighted by molar-refractivity contribution is 7.80. The standard InChI is InChI=1S/C19H21ClN2S/c1-13-3-6-15(7-4-13)16-9-10-22(12-16)19(23)21-17-8-5-14(2)18(20)11-17/h3-8,11,16H,9-10,12H2,1-2H3,(H,21,23). The number of nitrogens with zero attached hydrogens (tertiary/aromatic N) is 1. The number of benzene rings is 2. The van der Waals surface area contributed by atoms with Crippen molar-refractivity contribution in [3.8, 4) is 0 Å². The molecule has 0 bridgehead atoms. The zero-order chi connectivity index (χ0) is 16.4.